The third-order valence-electron chi connectivity index (χ3n) is 4.81. The van der Waals surface area contributed by atoms with Gasteiger partial charge in [-0.3, -0.25) is 15.0 Å². The molecule has 3 N–H and O–H groups in total. The van der Waals surface area contributed by atoms with E-state index in [2.05, 4.69) is 4.74 Å². The van der Waals surface area contributed by atoms with Crippen LogP contribution in [0.1, 0.15) is 11.1 Å². The Bertz CT molecular complexity index is 1170. The molecule has 10 heteroatoms. The number of hydrogen-bond donors (Lipinski definition) is 2. The minimum atomic E-state index is -3.85. The van der Waals surface area contributed by atoms with E-state index in [9.17, 15) is 18.0 Å². The minimum absolute atomic E-state index is 0.0525. The van der Waals surface area contributed by atoms with Crippen molar-refractivity contribution in [1.29, 1.82) is 5.41 Å². The quantitative estimate of drug-likeness (QED) is 0.374. The number of carbonyl (C=O) groups is 2. The number of nitrogens with zero attached hydrogens (tertiary/aromatic N) is 1. The van der Waals surface area contributed by atoms with E-state index in [1.807, 2.05) is 0 Å². The van der Waals surface area contributed by atoms with E-state index in [4.69, 9.17) is 15.9 Å². The summed E-state index contributed by atoms with van der Waals surface area (Å²) in [6.07, 6.45) is 0. The van der Waals surface area contributed by atoms with Crippen LogP contribution in [0.2, 0.25) is 0 Å². The number of benzene rings is 2. The molecule has 0 aliphatic carbocycles. The van der Waals surface area contributed by atoms with E-state index in [1.54, 1.807) is 24.3 Å². The first-order valence-corrected chi connectivity index (χ1v) is 10.8. The molecule has 0 bridgehead atoms. The Morgan fingerprint density at radius 1 is 1.10 bits per heavy atom. The van der Waals surface area contributed by atoms with Crippen molar-refractivity contribution in [3.8, 4) is 0 Å². The highest BCUT2D eigenvalue weighted by molar-refractivity contribution is 7.92. The monoisotopic (exact) mass is 443 g/mol. The van der Waals surface area contributed by atoms with Gasteiger partial charge >= 0.3 is 5.97 Å². The van der Waals surface area contributed by atoms with Crippen molar-refractivity contribution < 1.29 is 27.5 Å². The van der Waals surface area contributed by atoms with Gasteiger partial charge in [-0.15, -0.1) is 0 Å². The average Bonchev–Trinajstić information content (AvgIpc) is 3.09. The highest BCUT2D eigenvalue weighted by atomic mass is 32.2. The van der Waals surface area contributed by atoms with Crippen molar-refractivity contribution in [2.75, 3.05) is 31.4 Å². The molecule has 1 aliphatic rings. The zero-order chi connectivity index (χ0) is 22.8. The molecule has 0 aromatic heterocycles. The lowest BCUT2D eigenvalue weighted by atomic mass is 10.1. The molecule has 0 unspecified atom stereocenters. The van der Waals surface area contributed by atoms with E-state index >= 15 is 0 Å². The van der Waals surface area contributed by atoms with Crippen LogP contribution in [0, 0.1) is 5.41 Å². The number of nitrogens with two attached hydrogens (primary N) is 1. The van der Waals surface area contributed by atoms with Crippen LogP contribution in [0.3, 0.4) is 0 Å². The van der Waals surface area contributed by atoms with Crippen molar-refractivity contribution in [2.24, 2.45) is 5.73 Å². The number of hydrogen-bond acceptors (Lipinski definition) is 7. The van der Waals surface area contributed by atoms with Crippen LogP contribution >= 0.6 is 0 Å². The van der Waals surface area contributed by atoms with Gasteiger partial charge in [0.2, 0.25) is 0 Å². The molecule has 2 aromatic rings. The third-order valence-corrected chi connectivity index (χ3v) is 6.42. The van der Waals surface area contributed by atoms with E-state index in [-0.39, 0.29) is 23.2 Å². The van der Waals surface area contributed by atoms with E-state index in [0.717, 1.165) is 7.11 Å². The highest BCUT2D eigenvalue weighted by Crippen LogP contribution is 2.32. The molecule has 0 saturated heterocycles. The van der Waals surface area contributed by atoms with Crippen LogP contribution in [0.15, 0.2) is 59.2 Å². The van der Waals surface area contributed by atoms with Gasteiger partial charge in [0.15, 0.2) is 15.6 Å². The van der Waals surface area contributed by atoms with Crippen LogP contribution in [0.4, 0.5) is 5.69 Å². The maximum Gasteiger partial charge on any atom is 0.321 e. The van der Waals surface area contributed by atoms with Crippen molar-refractivity contribution in [1.82, 2.24) is 0 Å². The van der Waals surface area contributed by atoms with Gasteiger partial charge in [0.05, 0.1) is 31.2 Å². The summed E-state index contributed by atoms with van der Waals surface area (Å²) in [4.78, 5) is 25.9. The van der Waals surface area contributed by atoms with Crippen LogP contribution in [-0.2, 0) is 28.9 Å². The largest absolute Gasteiger partial charge is 0.498 e. The molecule has 0 saturated carbocycles. The number of nitrogen functional groups attached to an aromatic ring is 1. The molecular weight excluding hydrogens is 422 g/mol. The Balaban J connectivity index is 1.88. The first kappa shape index (κ1) is 22.0. The number of anilines is 1. The summed E-state index contributed by atoms with van der Waals surface area (Å²) in [7, 11) is -1.28. The Morgan fingerprint density at radius 3 is 2.23 bits per heavy atom. The summed E-state index contributed by atoms with van der Waals surface area (Å²) < 4.78 is 34.4. The standard InChI is InChI=1S/C21H21N3O6S/c1-29-17-11-24(15-7-3-14(4-8-15)20(22)23)21(26)19(17)13-5-9-16(10-6-13)31(27,28)12-18(25)30-2/h3-10H,11-12H2,1-2H3,(H3,22,23). The van der Waals surface area contributed by atoms with Crippen LogP contribution in [0.25, 0.3) is 5.57 Å². The molecule has 0 fully saturated rings. The fraction of sp³-hybridized carbons (Fsp3) is 0.190. The molecule has 9 nitrogen and oxygen atoms in total. The summed E-state index contributed by atoms with van der Waals surface area (Å²) in [5.41, 5.74) is 7.42. The predicted octanol–water partition coefficient (Wildman–Crippen LogP) is 1.32. The van der Waals surface area contributed by atoms with Gasteiger partial charge in [-0.05, 0) is 42.0 Å². The van der Waals surface area contributed by atoms with Crippen molar-refractivity contribution in [2.45, 2.75) is 4.90 Å². The first-order valence-electron chi connectivity index (χ1n) is 9.11. The molecule has 2 aromatic carbocycles. The number of amidine groups is 1. The zero-order valence-electron chi connectivity index (χ0n) is 16.9. The molecule has 1 heterocycles. The number of amides is 1. The van der Waals surface area contributed by atoms with E-state index < -0.39 is 21.6 Å². The molecule has 0 atom stereocenters. The Morgan fingerprint density at radius 2 is 1.71 bits per heavy atom. The minimum Gasteiger partial charge on any atom is -0.498 e. The van der Waals surface area contributed by atoms with Gasteiger partial charge in [0.1, 0.15) is 11.6 Å². The third kappa shape index (κ3) is 4.43. The van der Waals surface area contributed by atoms with Gasteiger partial charge in [-0.1, -0.05) is 12.1 Å². The zero-order valence-corrected chi connectivity index (χ0v) is 17.7. The number of sulfone groups is 1. The summed E-state index contributed by atoms with van der Waals surface area (Å²) in [5, 5.41) is 7.47. The lowest BCUT2D eigenvalue weighted by Crippen LogP contribution is -2.26. The average molecular weight is 443 g/mol. The molecule has 3 rings (SSSR count). The number of esters is 1. The van der Waals surface area contributed by atoms with Crippen molar-refractivity contribution >= 4 is 38.8 Å². The van der Waals surface area contributed by atoms with E-state index in [1.165, 1.54) is 36.3 Å². The normalized spacial score (nSPS) is 14.0. The Kier molecular flexibility index (Phi) is 6.11. The number of methoxy groups -OCH3 is 2. The van der Waals surface area contributed by atoms with Gasteiger partial charge < -0.3 is 20.1 Å². The number of carbonyl (C=O) groups excluding carboxylic acids is 2. The second-order valence-electron chi connectivity index (χ2n) is 6.71. The predicted molar refractivity (Wildman–Crippen MR) is 114 cm³/mol. The molecule has 31 heavy (non-hydrogen) atoms. The Hall–Kier alpha value is -3.66. The van der Waals surface area contributed by atoms with Crippen LogP contribution in [0.5, 0.6) is 0 Å². The highest BCUT2D eigenvalue weighted by Gasteiger charge is 2.33. The number of nitrogens with one attached hydrogen (secondary N) is 1. The molecule has 0 spiro atoms. The number of ether oxygens (including phenoxy) is 2. The van der Waals surface area contributed by atoms with E-state index in [0.29, 0.717) is 28.1 Å². The summed E-state index contributed by atoms with van der Waals surface area (Å²) in [6, 6.07) is 12.3. The van der Waals surface area contributed by atoms with Gasteiger partial charge in [-0.25, -0.2) is 8.42 Å². The maximum atomic E-state index is 13.1. The summed E-state index contributed by atoms with van der Waals surface area (Å²) in [6.45, 7) is 0.201. The van der Waals surface area contributed by atoms with Gasteiger partial charge in [-0.2, -0.15) is 0 Å². The molecule has 0 radical (unpaired) electrons. The number of rotatable bonds is 7. The van der Waals surface area contributed by atoms with Crippen molar-refractivity contribution in [3.05, 3.63) is 65.4 Å². The van der Waals surface area contributed by atoms with Crippen molar-refractivity contribution in [3.63, 3.8) is 0 Å². The fourth-order valence-electron chi connectivity index (χ4n) is 3.16. The topological polar surface area (TPSA) is 140 Å². The smallest absolute Gasteiger partial charge is 0.321 e. The second kappa shape index (κ2) is 8.60. The Labute approximate surface area is 179 Å². The molecule has 1 amide bonds. The van der Waals surface area contributed by atoms with Crippen LogP contribution < -0.4 is 10.6 Å². The maximum absolute atomic E-state index is 13.1. The van der Waals surface area contributed by atoms with Gasteiger partial charge in [0, 0.05) is 11.3 Å². The van der Waals surface area contributed by atoms with Gasteiger partial charge in [0.25, 0.3) is 5.91 Å². The summed E-state index contributed by atoms with van der Waals surface area (Å²) >= 11 is 0. The molecular formula is C21H21N3O6S. The van der Waals surface area contributed by atoms with Crippen LogP contribution in [-0.4, -0.2) is 52.6 Å². The first-order chi connectivity index (χ1) is 14.7. The second-order valence-corrected chi connectivity index (χ2v) is 8.70. The SMILES string of the molecule is COC(=O)CS(=O)(=O)c1ccc(C2=C(OC)CN(c3ccc(C(=N)N)cc3)C2=O)cc1. The molecule has 162 valence electrons. The molecule has 1 aliphatic heterocycles. The fourth-order valence-corrected chi connectivity index (χ4v) is 4.30. The lowest BCUT2D eigenvalue weighted by Gasteiger charge is -2.17. The summed E-state index contributed by atoms with van der Waals surface area (Å²) in [5.74, 6) is -1.56. The lowest BCUT2D eigenvalue weighted by molar-refractivity contribution is -0.137.